The molecule has 0 saturated carbocycles. The van der Waals surface area contributed by atoms with Crippen molar-refractivity contribution in [2.45, 2.75) is 145 Å². The van der Waals surface area contributed by atoms with E-state index in [9.17, 15) is 14.4 Å². The van der Waals surface area contributed by atoms with Gasteiger partial charge in [-0.05, 0) is 116 Å². The van der Waals surface area contributed by atoms with Crippen LogP contribution in [0.5, 0.6) is 0 Å². The molecule has 44 heavy (non-hydrogen) atoms. The number of rotatable bonds is 15. The molecule has 0 radical (unpaired) electrons. The van der Waals surface area contributed by atoms with E-state index < -0.39 is 29.1 Å². The van der Waals surface area contributed by atoms with Crippen LogP contribution in [-0.2, 0) is 37.9 Å². The first-order valence-corrected chi connectivity index (χ1v) is 15.5. The van der Waals surface area contributed by atoms with E-state index in [2.05, 4.69) is 10.1 Å². The number of amides is 1. The second-order valence-corrected chi connectivity index (χ2v) is 12.2. The summed E-state index contributed by atoms with van der Waals surface area (Å²) < 4.78 is 40.4. The van der Waals surface area contributed by atoms with Crippen molar-refractivity contribution in [1.82, 2.24) is 5.32 Å². The molecule has 13 heteroatoms. The third-order valence-electron chi connectivity index (χ3n) is 4.28. The van der Waals surface area contributed by atoms with Gasteiger partial charge in [0.2, 0.25) is 0 Å². The summed E-state index contributed by atoms with van der Waals surface area (Å²) in [6.07, 6.45) is 0.693. The third kappa shape index (κ3) is 37.8. The van der Waals surface area contributed by atoms with Crippen molar-refractivity contribution in [3.63, 3.8) is 0 Å². The number of hydrogen-bond acceptors (Lipinski definition) is 12. The molecule has 13 nitrogen and oxygen atoms in total. The number of hydrogen-bond donors (Lipinski definition) is 2. The van der Waals surface area contributed by atoms with Crippen LogP contribution < -0.4 is 11.1 Å². The van der Waals surface area contributed by atoms with E-state index in [4.69, 9.17) is 38.9 Å². The Morgan fingerprint density at radius 3 is 1.23 bits per heavy atom. The molecular weight excluding hydrogens is 576 g/mol. The summed E-state index contributed by atoms with van der Waals surface area (Å²) in [4.78, 5) is 33.4. The number of nitrogens with two attached hydrogens (primary N) is 1. The van der Waals surface area contributed by atoms with Gasteiger partial charge in [0.25, 0.3) is 0 Å². The molecule has 0 rings (SSSR count). The summed E-state index contributed by atoms with van der Waals surface area (Å²) in [7, 11) is 0. The zero-order valence-electron chi connectivity index (χ0n) is 29.8. The SMILES string of the molecule is CC(C)(C)OC(=O)OC(=O)OC(C)(C)C.CCOC(CCCN)OCC.CCOC(CCCNC(=O)OC(C)(C)C)OCC. The summed E-state index contributed by atoms with van der Waals surface area (Å²) in [6, 6.07) is 0. The first-order chi connectivity index (χ1) is 20.2. The number of carbonyl (C=O) groups is 3. The minimum Gasteiger partial charge on any atom is -0.444 e. The lowest BCUT2D eigenvalue weighted by Crippen LogP contribution is -2.33. The molecule has 0 atom stereocenters. The van der Waals surface area contributed by atoms with Gasteiger partial charge in [-0.25, -0.2) is 14.4 Å². The Balaban J connectivity index is -0.000000590. The minimum atomic E-state index is -1.06. The standard InChI is InChI=1S/C13H27NO4.C10H18O5.C8H19NO2/c1-6-16-11(17-7-2)9-8-10-14-12(15)18-13(3,4)5;1-9(2,3)14-7(11)13-8(12)15-10(4,5)6;1-3-10-8(11-4-2)6-5-7-9/h11H,6-10H2,1-5H3,(H,14,15);1-6H3;8H,3-7,9H2,1-2H3. The molecule has 3 N–H and O–H groups in total. The van der Waals surface area contributed by atoms with Crippen LogP contribution in [0.1, 0.15) is 116 Å². The zero-order valence-corrected chi connectivity index (χ0v) is 29.8. The van der Waals surface area contributed by atoms with Crippen molar-refractivity contribution in [3.8, 4) is 0 Å². The Kier molecular flexibility index (Phi) is 27.4. The number of ether oxygens (including phenoxy) is 8. The van der Waals surface area contributed by atoms with Gasteiger partial charge in [-0.1, -0.05) is 0 Å². The van der Waals surface area contributed by atoms with Crippen LogP contribution >= 0.6 is 0 Å². The Morgan fingerprint density at radius 1 is 0.591 bits per heavy atom. The minimum absolute atomic E-state index is 0.0476. The lowest BCUT2D eigenvalue weighted by molar-refractivity contribution is -0.140. The Morgan fingerprint density at radius 2 is 0.932 bits per heavy atom. The van der Waals surface area contributed by atoms with Gasteiger partial charge in [0, 0.05) is 39.4 Å². The fraction of sp³-hybridized carbons (Fsp3) is 0.903. The predicted octanol–water partition coefficient (Wildman–Crippen LogP) is 6.69. The van der Waals surface area contributed by atoms with Gasteiger partial charge in [0.1, 0.15) is 16.8 Å². The number of nitrogens with one attached hydrogen (secondary N) is 1. The summed E-state index contributed by atoms with van der Waals surface area (Å²) in [6.45, 7) is 27.3. The first-order valence-electron chi connectivity index (χ1n) is 15.5. The molecule has 0 heterocycles. The van der Waals surface area contributed by atoms with Crippen molar-refractivity contribution in [2.75, 3.05) is 39.5 Å². The van der Waals surface area contributed by atoms with Crippen molar-refractivity contribution < 1.29 is 52.3 Å². The van der Waals surface area contributed by atoms with Gasteiger partial charge < -0.3 is 48.9 Å². The average molecular weight is 641 g/mol. The summed E-state index contributed by atoms with van der Waals surface area (Å²) in [5.74, 6) is 0. The van der Waals surface area contributed by atoms with Gasteiger partial charge >= 0.3 is 18.4 Å². The smallest absolute Gasteiger partial charge is 0.444 e. The molecule has 0 fully saturated rings. The van der Waals surface area contributed by atoms with Crippen molar-refractivity contribution in [1.29, 1.82) is 0 Å². The molecule has 0 spiro atoms. The molecule has 0 aliphatic heterocycles. The van der Waals surface area contributed by atoms with Crippen molar-refractivity contribution in [3.05, 3.63) is 0 Å². The number of alkyl carbamates (subject to hydrolysis) is 1. The normalized spacial score (nSPS) is 11.5. The number of carbonyl (C=O) groups excluding carboxylic acids is 3. The zero-order chi connectivity index (χ0) is 34.8. The summed E-state index contributed by atoms with van der Waals surface area (Å²) in [5.41, 5.74) is 3.51. The largest absolute Gasteiger partial charge is 0.519 e. The van der Waals surface area contributed by atoms with E-state index in [1.54, 1.807) is 41.5 Å². The second-order valence-electron chi connectivity index (χ2n) is 12.2. The maximum atomic E-state index is 11.4. The van der Waals surface area contributed by atoms with Crippen LogP contribution in [0.2, 0.25) is 0 Å². The van der Waals surface area contributed by atoms with E-state index in [0.717, 1.165) is 25.7 Å². The monoisotopic (exact) mass is 640 g/mol. The maximum Gasteiger partial charge on any atom is 0.519 e. The molecule has 1 amide bonds. The quantitative estimate of drug-likeness (QED) is 0.0642. The lowest BCUT2D eigenvalue weighted by Gasteiger charge is -2.20. The molecule has 0 saturated heterocycles. The van der Waals surface area contributed by atoms with E-state index in [1.807, 2.05) is 48.5 Å². The molecule has 0 unspecified atom stereocenters. The Hall–Kier alpha value is -2.19. The lowest BCUT2D eigenvalue weighted by atomic mass is 10.2. The van der Waals surface area contributed by atoms with Gasteiger partial charge in [-0.2, -0.15) is 0 Å². The van der Waals surface area contributed by atoms with Crippen LogP contribution in [0.4, 0.5) is 14.4 Å². The highest BCUT2D eigenvalue weighted by molar-refractivity contribution is 5.77. The Bertz CT molecular complexity index is 692. The van der Waals surface area contributed by atoms with E-state index >= 15 is 0 Å². The first kappa shape index (κ1) is 46.2. The van der Waals surface area contributed by atoms with Gasteiger partial charge in [-0.15, -0.1) is 0 Å². The fourth-order valence-corrected chi connectivity index (χ4v) is 2.84. The Labute approximate surface area is 266 Å². The topological polar surface area (TPSA) is 163 Å². The van der Waals surface area contributed by atoms with Crippen LogP contribution in [0, 0.1) is 0 Å². The fourth-order valence-electron chi connectivity index (χ4n) is 2.84. The van der Waals surface area contributed by atoms with Gasteiger partial charge in [0.05, 0.1) is 0 Å². The molecule has 0 aromatic heterocycles. The highest BCUT2D eigenvalue weighted by Crippen LogP contribution is 2.12. The molecule has 0 aliphatic rings. The van der Waals surface area contributed by atoms with Crippen LogP contribution in [0.3, 0.4) is 0 Å². The van der Waals surface area contributed by atoms with E-state index in [-0.39, 0.29) is 18.7 Å². The van der Waals surface area contributed by atoms with Crippen LogP contribution in [0.25, 0.3) is 0 Å². The van der Waals surface area contributed by atoms with Crippen molar-refractivity contribution >= 4 is 18.4 Å². The third-order valence-corrected chi connectivity index (χ3v) is 4.28. The van der Waals surface area contributed by atoms with Crippen molar-refractivity contribution in [2.24, 2.45) is 5.73 Å². The second kappa shape index (κ2) is 26.1. The molecule has 0 aromatic rings. The van der Waals surface area contributed by atoms with Gasteiger partial charge in [-0.3, -0.25) is 0 Å². The van der Waals surface area contributed by atoms with Gasteiger partial charge in [0.15, 0.2) is 12.6 Å². The highest BCUT2D eigenvalue weighted by Gasteiger charge is 2.24. The molecule has 264 valence electrons. The average Bonchev–Trinajstić information content (AvgIpc) is 2.83. The summed E-state index contributed by atoms with van der Waals surface area (Å²) in [5, 5.41) is 2.71. The van der Waals surface area contributed by atoms with E-state index in [1.165, 1.54) is 0 Å². The molecule has 0 aliphatic carbocycles. The van der Waals surface area contributed by atoms with Crippen LogP contribution in [-0.4, -0.2) is 87.3 Å². The predicted molar refractivity (Wildman–Crippen MR) is 169 cm³/mol. The summed E-state index contributed by atoms with van der Waals surface area (Å²) >= 11 is 0. The maximum absolute atomic E-state index is 11.4. The molecule has 0 bridgehead atoms. The molecular formula is C31H64N2O11. The van der Waals surface area contributed by atoms with Crippen LogP contribution in [0.15, 0.2) is 0 Å². The molecule has 0 aromatic carbocycles. The van der Waals surface area contributed by atoms with E-state index in [0.29, 0.717) is 39.5 Å². The highest BCUT2D eigenvalue weighted by atomic mass is 16.8.